The summed E-state index contributed by atoms with van der Waals surface area (Å²) in [7, 11) is 1.44. The number of aromatic nitrogens is 4. The van der Waals surface area contributed by atoms with E-state index >= 15 is 0 Å². The second-order valence-corrected chi connectivity index (χ2v) is 3.44. The number of hydrogen-bond acceptors (Lipinski definition) is 5. The van der Waals surface area contributed by atoms with Gasteiger partial charge in [0.25, 0.3) is 0 Å². The van der Waals surface area contributed by atoms with Crippen LogP contribution in [0.2, 0.25) is 0 Å². The van der Waals surface area contributed by atoms with Crippen LogP contribution in [0.25, 0.3) is 0 Å². The second kappa shape index (κ2) is 4.17. The molecule has 0 unspecified atom stereocenters. The van der Waals surface area contributed by atoms with E-state index in [0.29, 0.717) is 0 Å². The van der Waals surface area contributed by atoms with Crippen LogP contribution in [0.4, 0.5) is 18.9 Å². The fourth-order valence-electron chi connectivity index (χ4n) is 1.26. The number of tetrazole rings is 1. The second-order valence-electron chi connectivity index (χ2n) is 3.44. The summed E-state index contributed by atoms with van der Waals surface area (Å²) in [5, 5.41) is 10.1. The lowest BCUT2D eigenvalue weighted by Crippen LogP contribution is -2.09. The van der Waals surface area contributed by atoms with E-state index in [-0.39, 0.29) is 11.7 Å². The van der Waals surface area contributed by atoms with E-state index in [9.17, 15) is 13.2 Å². The predicted molar refractivity (Wildman–Crippen MR) is 54.7 cm³/mol. The first kappa shape index (κ1) is 12.1. The van der Waals surface area contributed by atoms with Crippen LogP contribution in [-0.4, -0.2) is 20.2 Å². The van der Waals surface area contributed by atoms with Crippen molar-refractivity contribution >= 4 is 5.69 Å². The minimum Gasteiger partial charge on any atom is -0.423 e. The quantitative estimate of drug-likeness (QED) is 0.829. The van der Waals surface area contributed by atoms with Crippen LogP contribution in [-0.2, 0) is 13.2 Å². The number of benzene rings is 1. The van der Waals surface area contributed by atoms with Crippen LogP contribution >= 0.6 is 0 Å². The Balaban J connectivity index is 2.42. The van der Waals surface area contributed by atoms with Gasteiger partial charge >= 0.3 is 12.2 Å². The van der Waals surface area contributed by atoms with Gasteiger partial charge in [0.05, 0.1) is 0 Å². The molecule has 18 heavy (non-hydrogen) atoms. The van der Waals surface area contributed by atoms with Crippen molar-refractivity contribution in [3.05, 3.63) is 23.8 Å². The average Bonchev–Trinajstić information content (AvgIpc) is 2.66. The molecule has 0 saturated heterocycles. The summed E-state index contributed by atoms with van der Waals surface area (Å²) < 4.78 is 44.4. The van der Waals surface area contributed by atoms with Crippen molar-refractivity contribution in [1.82, 2.24) is 20.2 Å². The van der Waals surface area contributed by atoms with Gasteiger partial charge in [-0.2, -0.15) is 17.9 Å². The van der Waals surface area contributed by atoms with Crippen LogP contribution in [0, 0.1) is 0 Å². The first-order valence-corrected chi connectivity index (χ1v) is 4.75. The SMILES string of the molecule is Cn1nnnc1Oc1ccc(N)cc1C(F)(F)F. The van der Waals surface area contributed by atoms with Gasteiger partial charge in [-0.15, -0.1) is 0 Å². The predicted octanol–water partition coefficient (Wildman–Crippen LogP) is 1.60. The van der Waals surface area contributed by atoms with Gasteiger partial charge in [0.15, 0.2) is 0 Å². The van der Waals surface area contributed by atoms with Gasteiger partial charge < -0.3 is 10.5 Å². The topological polar surface area (TPSA) is 78.8 Å². The van der Waals surface area contributed by atoms with Crippen molar-refractivity contribution in [2.75, 3.05) is 5.73 Å². The number of aryl methyl sites for hydroxylation is 1. The molecule has 96 valence electrons. The summed E-state index contributed by atoms with van der Waals surface area (Å²) in [5.41, 5.74) is 4.34. The molecule has 0 aliphatic carbocycles. The normalized spacial score (nSPS) is 11.6. The Labute approximate surface area is 99.2 Å². The van der Waals surface area contributed by atoms with Gasteiger partial charge in [0.1, 0.15) is 11.3 Å². The minimum atomic E-state index is -4.57. The zero-order valence-corrected chi connectivity index (χ0v) is 9.14. The molecule has 0 amide bonds. The highest BCUT2D eigenvalue weighted by Crippen LogP contribution is 2.38. The molecule has 0 aliphatic rings. The Morgan fingerprint density at radius 3 is 2.61 bits per heavy atom. The lowest BCUT2D eigenvalue weighted by Gasteiger charge is -2.12. The molecule has 2 N–H and O–H groups in total. The van der Waals surface area contributed by atoms with E-state index in [1.54, 1.807) is 0 Å². The molecule has 0 fully saturated rings. The van der Waals surface area contributed by atoms with E-state index in [4.69, 9.17) is 10.5 Å². The highest BCUT2D eigenvalue weighted by molar-refractivity contribution is 5.49. The maximum atomic E-state index is 12.8. The number of nitrogens with zero attached hydrogens (tertiary/aromatic N) is 4. The van der Waals surface area contributed by atoms with E-state index in [2.05, 4.69) is 15.5 Å². The Morgan fingerprint density at radius 1 is 1.33 bits per heavy atom. The molecular formula is C9H8F3N5O. The molecule has 0 aliphatic heterocycles. The summed E-state index contributed by atoms with van der Waals surface area (Å²) >= 11 is 0. The number of halogens is 3. The smallest absolute Gasteiger partial charge is 0.420 e. The highest BCUT2D eigenvalue weighted by Gasteiger charge is 2.35. The number of alkyl halides is 3. The first-order chi connectivity index (χ1) is 8.38. The third kappa shape index (κ3) is 2.34. The van der Waals surface area contributed by atoms with Crippen molar-refractivity contribution in [3.8, 4) is 11.8 Å². The van der Waals surface area contributed by atoms with Gasteiger partial charge in [-0.25, -0.2) is 0 Å². The molecule has 2 aromatic rings. The fourth-order valence-corrected chi connectivity index (χ4v) is 1.26. The number of nitrogens with two attached hydrogens (primary N) is 1. The fraction of sp³-hybridized carbons (Fsp3) is 0.222. The van der Waals surface area contributed by atoms with Crippen molar-refractivity contribution < 1.29 is 17.9 Å². The average molecular weight is 259 g/mol. The van der Waals surface area contributed by atoms with Gasteiger partial charge in [-0.1, -0.05) is 5.10 Å². The first-order valence-electron chi connectivity index (χ1n) is 4.75. The maximum absolute atomic E-state index is 12.8. The molecule has 1 aromatic carbocycles. The van der Waals surface area contributed by atoms with E-state index in [1.807, 2.05) is 0 Å². The molecule has 1 heterocycles. The molecule has 0 spiro atoms. The molecule has 0 radical (unpaired) electrons. The molecule has 2 rings (SSSR count). The Hall–Kier alpha value is -2.32. The summed E-state index contributed by atoms with van der Waals surface area (Å²) in [6.45, 7) is 0. The number of ether oxygens (including phenoxy) is 1. The molecular weight excluding hydrogens is 251 g/mol. The van der Waals surface area contributed by atoms with Gasteiger partial charge in [0, 0.05) is 12.7 Å². The third-order valence-corrected chi connectivity index (χ3v) is 2.09. The Morgan fingerprint density at radius 2 is 2.06 bits per heavy atom. The lowest BCUT2D eigenvalue weighted by molar-refractivity contribution is -0.138. The minimum absolute atomic E-state index is 0.00855. The summed E-state index contributed by atoms with van der Waals surface area (Å²) in [5.74, 6) is -0.408. The summed E-state index contributed by atoms with van der Waals surface area (Å²) in [6, 6.07) is 3.06. The maximum Gasteiger partial charge on any atom is 0.420 e. The van der Waals surface area contributed by atoms with Crippen molar-refractivity contribution in [2.45, 2.75) is 6.18 Å². The highest BCUT2D eigenvalue weighted by atomic mass is 19.4. The molecule has 1 aromatic heterocycles. The zero-order chi connectivity index (χ0) is 13.3. The monoisotopic (exact) mass is 259 g/mol. The summed E-state index contributed by atoms with van der Waals surface area (Å²) in [6.07, 6.45) is -4.57. The molecule has 0 atom stereocenters. The van der Waals surface area contributed by atoms with E-state index < -0.39 is 17.5 Å². The number of nitrogen functional groups attached to an aromatic ring is 1. The third-order valence-electron chi connectivity index (χ3n) is 2.09. The number of rotatable bonds is 2. The standard InChI is InChI=1S/C9H8F3N5O/c1-17-8(14-15-16-17)18-7-3-2-5(13)4-6(7)9(10,11)12/h2-4H,13H2,1H3. The largest absolute Gasteiger partial charge is 0.423 e. The van der Waals surface area contributed by atoms with Crippen molar-refractivity contribution in [3.63, 3.8) is 0 Å². The summed E-state index contributed by atoms with van der Waals surface area (Å²) in [4.78, 5) is 0. The number of hydrogen-bond donors (Lipinski definition) is 1. The van der Waals surface area contributed by atoms with Crippen LogP contribution in [0.5, 0.6) is 11.8 Å². The molecule has 9 heteroatoms. The van der Waals surface area contributed by atoms with Gasteiger partial charge in [-0.05, 0) is 28.6 Å². The van der Waals surface area contributed by atoms with Crippen LogP contribution in [0.1, 0.15) is 5.56 Å². The number of anilines is 1. The van der Waals surface area contributed by atoms with Crippen LogP contribution in [0.15, 0.2) is 18.2 Å². The molecule has 0 saturated carbocycles. The van der Waals surface area contributed by atoms with Crippen molar-refractivity contribution in [2.24, 2.45) is 7.05 Å². The molecule has 0 bridgehead atoms. The van der Waals surface area contributed by atoms with Crippen molar-refractivity contribution in [1.29, 1.82) is 0 Å². The van der Waals surface area contributed by atoms with Gasteiger partial charge in [0.2, 0.25) is 0 Å². The lowest BCUT2D eigenvalue weighted by atomic mass is 10.1. The van der Waals surface area contributed by atoms with Crippen LogP contribution in [0.3, 0.4) is 0 Å². The van der Waals surface area contributed by atoms with Gasteiger partial charge in [-0.3, -0.25) is 0 Å². The van der Waals surface area contributed by atoms with Crippen LogP contribution < -0.4 is 10.5 Å². The molecule has 6 nitrogen and oxygen atoms in total. The Kier molecular flexibility index (Phi) is 2.81. The Bertz CT molecular complexity index is 566. The zero-order valence-electron chi connectivity index (χ0n) is 9.14. The van der Waals surface area contributed by atoms with E-state index in [1.165, 1.54) is 13.1 Å². The van der Waals surface area contributed by atoms with E-state index in [0.717, 1.165) is 16.8 Å².